The molecule has 0 bridgehead atoms. The van der Waals surface area contributed by atoms with Gasteiger partial charge < -0.3 is 4.74 Å². The van der Waals surface area contributed by atoms with E-state index in [-0.39, 0.29) is 5.91 Å². The number of nitrogens with zero attached hydrogens (tertiary/aromatic N) is 5. The highest BCUT2D eigenvalue weighted by Crippen LogP contribution is 2.26. The minimum atomic E-state index is 0.0468. The average molecular weight is 468 g/mol. The Morgan fingerprint density at radius 3 is 2.70 bits per heavy atom. The summed E-state index contributed by atoms with van der Waals surface area (Å²) >= 11 is 6.26. The lowest BCUT2D eigenvalue weighted by atomic mass is 10.2. The van der Waals surface area contributed by atoms with E-state index in [1.807, 2.05) is 54.1 Å². The van der Waals surface area contributed by atoms with E-state index in [2.05, 4.69) is 23.7 Å². The minimum absolute atomic E-state index is 0.0468. The summed E-state index contributed by atoms with van der Waals surface area (Å²) in [6, 6.07) is 13.5. The molecule has 7 nitrogen and oxygen atoms in total. The lowest BCUT2D eigenvalue weighted by Crippen LogP contribution is -2.50. The summed E-state index contributed by atoms with van der Waals surface area (Å²) in [5, 5.41) is 5.40. The zero-order valence-corrected chi connectivity index (χ0v) is 20.1. The number of aromatic nitrogens is 3. The molecule has 1 aromatic carbocycles. The predicted molar refractivity (Wildman–Crippen MR) is 130 cm³/mol. The van der Waals surface area contributed by atoms with E-state index in [1.165, 1.54) is 0 Å². The van der Waals surface area contributed by atoms with E-state index >= 15 is 0 Å². The number of rotatable bonds is 8. The number of pyridine rings is 1. The second kappa shape index (κ2) is 10.4. The third kappa shape index (κ3) is 5.92. The molecule has 1 saturated heterocycles. The van der Waals surface area contributed by atoms with Crippen LogP contribution in [0.25, 0.3) is 0 Å². The van der Waals surface area contributed by atoms with Gasteiger partial charge in [0.2, 0.25) is 5.91 Å². The van der Waals surface area contributed by atoms with Crippen molar-refractivity contribution in [3.8, 4) is 5.75 Å². The van der Waals surface area contributed by atoms with Crippen LogP contribution >= 0.6 is 11.6 Å². The average Bonchev–Trinajstić information content (AvgIpc) is 3.13. The van der Waals surface area contributed by atoms with Gasteiger partial charge in [-0.05, 0) is 43.2 Å². The van der Waals surface area contributed by atoms with Gasteiger partial charge in [0.05, 0.1) is 25.4 Å². The second-order valence-electron chi connectivity index (χ2n) is 8.84. The SMILES string of the molecule is Cc1cc(N2CCN(Cc3ccccn3)CC2=O)nn1Cc1cc(Cl)ccc1OCC(C)C. The number of carbonyl (C=O) groups is 1. The van der Waals surface area contributed by atoms with Crippen molar-refractivity contribution in [1.82, 2.24) is 19.7 Å². The van der Waals surface area contributed by atoms with Crippen LogP contribution in [0.2, 0.25) is 5.02 Å². The Balaban J connectivity index is 1.45. The van der Waals surface area contributed by atoms with Crippen LogP contribution in [0.15, 0.2) is 48.7 Å². The topological polar surface area (TPSA) is 63.5 Å². The first kappa shape index (κ1) is 23.3. The van der Waals surface area contributed by atoms with Gasteiger partial charge in [0.25, 0.3) is 0 Å². The molecule has 8 heteroatoms. The smallest absolute Gasteiger partial charge is 0.242 e. The molecule has 174 valence electrons. The maximum absolute atomic E-state index is 12.9. The number of ether oxygens (including phenoxy) is 1. The van der Waals surface area contributed by atoms with Crippen molar-refractivity contribution in [3.63, 3.8) is 0 Å². The lowest BCUT2D eigenvalue weighted by Gasteiger charge is -2.32. The zero-order valence-electron chi connectivity index (χ0n) is 19.4. The fourth-order valence-corrected chi connectivity index (χ4v) is 4.03. The molecule has 33 heavy (non-hydrogen) atoms. The molecular formula is C25H30ClN5O2. The highest BCUT2D eigenvalue weighted by atomic mass is 35.5. The first-order valence-electron chi connectivity index (χ1n) is 11.3. The van der Waals surface area contributed by atoms with Crippen LogP contribution in [-0.4, -0.2) is 51.8 Å². The largest absolute Gasteiger partial charge is 0.493 e. The molecule has 0 atom stereocenters. The molecular weight excluding hydrogens is 438 g/mol. The first-order valence-corrected chi connectivity index (χ1v) is 11.6. The number of aryl methyl sites for hydroxylation is 1. The van der Waals surface area contributed by atoms with Crippen molar-refractivity contribution in [2.24, 2.45) is 5.92 Å². The summed E-state index contributed by atoms with van der Waals surface area (Å²) in [5.41, 5.74) is 2.91. The molecule has 1 aliphatic rings. The Bertz CT molecular complexity index is 1100. The van der Waals surface area contributed by atoms with Crippen LogP contribution in [0.4, 0.5) is 5.82 Å². The van der Waals surface area contributed by atoms with Crippen molar-refractivity contribution < 1.29 is 9.53 Å². The monoisotopic (exact) mass is 467 g/mol. The molecule has 1 amide bonds. The number of amides is 1. The van der Waals surface area contributed by atoms with Crippen molar-refractivity contribution in [2.45, 2.75) is 33.9 Å². The molecule has 0 unspecified atom stereocenters. The highest BCUT2D eigenvalue weighted by Gasteiger charge is 2.27. The summed E-state index contributed by atoms with van der Waals surface area (Å²) < 4.78 is 7.89. The zero-order chi connectivity index (χ0) is 23.4. The summed E-state index contributed by atoms with van der Waals surface area (Å²) in [6.45, 7) is 9.78. The molecule has 1 aliphatic heterocycles. The van der Waals surface area contributed by atoms with Gasteiger partial charge in [-0.25, -0.2) is 0 Å². The minimum Gasteiger partial charge on any atom is -0.493 e. The van der Waals surface area contributed by atoms with Gasteiger partial charge >= 0.3 is 0 Å². The number of piperazine rings is 1. The number of carbonyl (C=O) groups excluding carboxylic acids is 1. The standard InChI is InChI=1S/C25H30ClN5O2/c1-18(2)17-33-23-8-7-21(26)13-20(23)14-31-19(3)12-24(28-31)30-11-10-29(16-25(30)32)15-22-6-4-5-9-27-22/h4-9,12-13,18H,10-11,14-17H2,1-3H3. The normalized spacial score (nSPS) is 14.8. The highest BCUT2D eigenvalue weighted by molar-refractivity contribution is 6.30. The Kier molecular flexibility index (Phi) is 7.30. The molecule has 0 saturated carbocycles. The van der Waals surface area contributed by atoms with Crippen molar-refractivity contribution >= 4 is 23.3 Å². The molecule has 0 N–H and O–H groups in total. The second-order valence-corrected chi connectivity index (χ2v) is 9.27. The van der Waals surface area contributed by atoms with Gasteiger partial charge in [-0.3, -0.25) is 24.3 Å². The van der Waals surface area contributed by atoms with Crippen LogP contribution in [0, 0.1) is 12.8 Å². The maximum atomic E-state index is 12.9. The van der Waals surface area contributed by atoms with Crippen molar-refractivity contribution in [1.29, 1.82) is 0 Å². The molecule has 4 rings (SSSR count). The molecule has 1 fully saturated rings. The Morgan fingerprint density at radius 2 is 1.97 bits per heavy atom. The number of hydrogen-bond donors (Lipinski definition) is 0. The lowest BCUT2D eigenvalue weighted by molar-refractivity contribution is -0.121. The first-order chi connectivity index (χ1) is 15.9. The maximum Gasteiger partial charge on any atom is 0.242 e. The molecule has 3 aromatic rings. The van der Waals surface area contributed by atoms with Crippen molar-refractivity contribution in [3.05, 3.63) is 70.6 Å². The third-order valence-corrected chi connectivity index (χ3v) is 5.81. The summed E-state index contributed by atoms with van der Waals surface area (Å²) in [6.07, 6.45) is 1.78. The fraction of sp³-hybridized carbons (Fsp3) is 0.400. The van der Waals surface area contributed by atoms with Gasteiger partial charge in [-0.2, -0.15) is 5.10 Å². The van der Waals surface area contributed by atoms with Gasteiger partial charge in [-0.15, -0.1) is 0 Å². The number of anilines is 1. The summed E-state index contributed by atoms with van der Waals surface area (Å²) in [4.78, 5) is 21.2. The van der Waals surface area contributed by atoms with Gasteiger partial charge in [0.1, 0.15) is 5.75 Å². The molecule has 0 spiro atoms. The van der Waals surface area contributed by atoms with Crippen LogP contribution in [0.3, 0.4) is 0 Å². The predicted octanol–water partition coefficient (Wildman–Crippen LogP) is 4.17. The van der Waals surface area contributed by atoms with Crippen LogP contribution < -0.4 is 9.64 Å². The Morgan fingerprint density at radius 1 is 1.12 bits per heavy atom. The Hall–Kier alpha value is -2.90. The molecule has 3 heterocycles. The van der Waals surface area contributed by atoms with Crippen molar-refractivity contribution in [2.75, 3.05) is 31.1 Å². The van der Waals surface area contributed by atoms with E-state index in [1.54, 1.807) is 11.1 Å². The number of hydrogen-bond acceptors (Lipinski definition) is 5. The summed E-state index contributed by atoms with van der Waals surface area (Å²) in [7, 11) is 0. The molecule has 0 aliphatic carbocycles. The fourth-order valence-electron chi connectivity index (χ4n) is 3.83. The van der Waals surface area contributed by atoms with Crippen LogP contribution in [0.1, 0.15) is 30.8 Å². The van der Waals surface area contributed by atoms with E-state index in [0.29, 0.717) is 49.5 Å². The van der Waals surface area contributed by atoms with E-state index < -0.39 is 0 Å². The van der Waals surface area contributed by atoms with E-state index in [4.69, 9.17) is 21.4 Å². The Labute approximate surface area is 199 Å². The van der Waals surface area contributed by atoms with E-state index in [9.17, 15) is 4.79 Å². The van der Waals surface area contributed by atoms with Gasteiger partial charge in [0.15, 0.2) is 5.82 Å². The quantitative estimate of drug-likeness (QED) is 0.497. The van der Waals surface area contributed by atoms with Gasteiger partial charge in [0, 0.05) is 48.2 Å². The van der Waals surface area contributed by atoms with E-state index in [0.717, 1.165) is 29.2 Å². The van der Waals surface area contributed by atoms with Gasteiger partial charge in [-0.1, -0.05) is 31.5 Å². The molecule has 0 radical (unpaired) electrons. The van der Waals surface area contributed by atoms with Crippen LogP contribution in [0.5, 0.6) is 5.75 Å². The third-order valence-electron chi connectivity index (χ3n) is 5.57. The molecule has 2 aromatic heterocycles. The van der Waals surface area contributed by atoms with Crippen LogP contribution in [-0.2, 0) is 17.9 Å². The number of benzene rings is 1. The number of halogens is 1. The summed E-state index contributed by atoms with van der Waals surface area (Å²) in [5.74, 6) is 1.96.